The van der Waals surface area contributed by atoms with Crippen molar-refractivity contribution < 1.29 is 0 Å². The van der Waals surface area contributed by atoms with Crippen LogP contribution in [0.3, 0.4) is 0 Å². The van der Waals surface area contributed by atoms with Crippen molar-refractivity contribution in [1.29, 1.82) is 0 Å². The van der Waals surface area contributed by atoms with Crippen LogP contribution in [0.1, 0.15) is 24.5 Å². The summed E-state index contributed by atoms with van der Waals surface area (Å²) in [6, 6.07) is 6.43. The monoisotopic (exact) mass is 292 g/mol. The van der Waals surface area contributed by atoms with E-state index in [0.29, 0.717) is 0 Å². The van der Waals surface area contributed by atoms with Crippen molar-refractivity contribution in [3.8, 4) is 0 Å². The van der Waals surface area contributed by atoms with Crippen molar-refractivity contribution in [2.45, 2.75) is 27.2 Å². The SMILES string of the molecule is CCCNc1nc2c(Br)c(C)ccc2cc1C. The second kappa shape index (κ2) is 5.05. The zero-order valence-electron chi connectivity index (χ0n) is 10.5. The van der Waals surface area contributed by atoms with Crippen LogP contribution in [0.4, 0.5) is 5.82 Å². The molecule has 0 saturated heterocycles. The van der Waals surface area contributed by atoms with Crippen molar-refractivity contribution in [1.82, 2.24) is 4.98 Å². The van der Waals surface area contributed by atoms with E-state index in [0.717, 1.165) is 28.8 Å². The molecule has 1 N–H and O–H groups in total. The second-order valence-corrected chi connectivity index (χ2v) is 5.14. The maximum absolute atomic E-state index is 4.71. The van der Waals surface area contributed by atoms with Gasteiger partial charge in [0.05, 0.1) is 5.52 Å². The van der Waals surface area contributed by atoms with Crippen LogP contribution in [0.5, 0.6) is 0 Å². The molecule has 0 radical (unpaired) electrons. The number of hydrogen-bond acceptors (Lipinski definition) is 2. The number of pyridine rings is 1. The first-order valence-electron chi connectivity index (χ1n) is 5.93. The number of nitrogens with one attached hydrogen (secondary N) is 1. The number of fused-ring (bicyclic) bond motifs is 1. The van der Waals surface area contributed by atoms with Crippen LogP contribution in [0.15, 0.2) is 22.7 Å². The van der Waals surface area contributed by atoms with E-state index in [4.69, 9.17) is 4.98 Å². The number of nitrogens with zero attached hydrogens (tertiary/aromatic N) is 1. The lowest BCUT2D eigenvalue weighted by Gasteiger charge is -2.11. The number of hydrogen-bond donors (Lipinski definition) is 1. The minimum absolute atomic E-state index is 0.961. The molecule has 0 fully saturated rings. The Kier molecular flexibility index (Phi) is 3.67. The average molecular weight is 293 g/mol. The van der Waals surface area contributed by atoms with Gasteiger partial charge >= 0.3 is 0 Å². The molecule has 1 aromatic heterocycles. The minimum atomic E-state index is 0.961. The van der Waals surface area contributed by atoms with Gasteiger partial charge in [-0.3, -0.25) is 0 Å². The molecule has 0 saturated carbocycles. The molecule has 0 spiro atoms. The molecule has 2 aromatic rings. The molecule has 1 aromatic carbocycles. The van der Waals surface area contributed by atoms with E-state index in [-0.39, 0.29) is 0 Å². The fraction of sp³-hybridized carbons (Fsp3) is 0.357. The quantitative estimate of drug-likeness (QED) is 0.905. The predicted octanol–water partition coefficient (Wildman–Crippen LogP) is 4.44. The van der Waals surface area contributed by atoms with E-state index in [1.807, 2.05) is 0 Å². The molecule has 0 unspecified atom stereocenters. The third-order valence-electron chi connectivity index (χ3n) is 2.85. The van der Waals surface area contributed by atoms with Crippen LogP contribution in [-0.4, -0.2) is 11.5 Å². The Morgan fingerprint density at radius 1 is 1.24 bits per heavy atom. The van der Waals surface area contributed by atoms with Gasteiger partial charge in [0.15, 0.2) is 0 Å². The lowest BCUT2D eigenvalue weighted by atomic mass is 10.1. The van der Waals surface area contributed by atoms with Crippen LogP contribution >= 0.6 is 15.9 Å². The van der Waals surface area contributed by atoms with Crippen LogP contribution in [0, 0.1) is 13.8 Å². The molecule has 3 heteroatoms. The summed E-state index contributed by atoms with van der Waals surface area (Å²) in [5.41, 5.74) is 3.45. The van der Waals surface area contributed by atoms with Gasteiger partial charge in [0.1, 0.15) is 5.82 Å². The normalized spacial score (nSPS) is 10.8. The van der Waals surface area contributed by atoms with Gasteiger partial charge in [-0.05, 0) is 53.4 Å². The number of benzene rings is 1. The summed E-state index contributed by atoms with van der Waals surface area (Å²) in [5, 5.41) is 4.55. The Labute approximate surface area is 111 Å². The Bertz CT molecular complexity index is 549. The van der Waals surface area contributed by atoms with Crippen molar-refractivity contribution >= 4 is 32.7 Å². The summed E-state index contributed by atoms with van der Waals surface area (Å²) in [6.45, 7) is 7.30. The van der Waals surface area contributed by atoms with Gasteiger partial charge in [-0.1, -0.05) is 19.1 Å². The first kappa shape index (κ1) is 12.4. The largest absolute Gasteiger partial charge is 0.370 e. The molecule has 90 valence electrons. The third kappa shape index (κ3) is 2.44. The van der Waals surface area contributed by atoms with Crippen LogP contribution < -0.4 is 5.32 Å². The Hall–Kier alpha value is -1.09. The summed E-state index contributed by atoms with van der Waals surface area (Å²) in [5.74, 6) is 0.991. The maximum atomic E-state index is 4.71. The van der Waals surface area contributed by atoms with E-state index in [1.165, 1.54) is 16.5 Å². The highest BCUT2D eigenvalue weighted by Crippen LogP contribution is 2.28. The Morgan fingerprint density at radius 3 is 2.71 bits per heavy atom. The lowest BCUT2D eigenvalue weighted by molar-refractivity contribution is 0.968. The van der Waals surface area contributed by atoms with Gasteiger partial charge in [-0.2, -0.15) is 0 Å². The molecule has 0 bridgehead atoms. The number of rotatable bonds is 3. The van der Waals surface area contributed by atoms with Gasteiger partial charge in [-0.15, -0.1) is 0 Å². The average Bonchev–Trinajstić information content (AvgIpc) is 2.32. The lowest BCUT2D eigenvalue weighted by Crippen LogP contribution is -2.04. The zero-order chi connectivity index (χ0) is 12.4. The van der Waals surface area contributed by atoms with Gasteiger partial charge in [0, 0.05) is 16.4 Å². The molecule has 0 aliphatic carbocycles. The molecule has 0 aliphatic heterocycles. The van der Waals surface area contributed by atoms with Crippen molar-refractivity contribution in [2.24, 2.45) is 0 Å². The molecule has 0 amide bonds. The van der Waals surface area contributed by atoms with Gasteiger partial charge < -0.3 is 5.32 Å². The highest BCUT2D eigenvalue weighted by Gasteiger charge is 2.07. The standard InChI is InChI=1S/C14H17BrN2/c1-4-7-16-14-10(3)8-11-6-5-9(2)12(15)13(11)17-14/h5-6,8H,4,7H2,1-3H3,(H,16,17). The number of anilines is 1. The molecule has 2 nitrogen and oxygen atoms in total. The Balaban J connectivity index is 2.56. The number of aryl methyl sites for hydroxylation is 2. The smallest absolute Gasteiger partial charge is 0.129 e. The van der Waals surface area contributed by atoms with E-state index in [2.05, 4.69) is 60.2 Å². The van der Waals surface area contributed by atoms with Gasteiger partial charge in [0.25, 0.3) is 0 Å². The maximum Gasteiger partial charge on any atom is 0.129 e. The summed E-state index contributed by atoms with van der Waals surface area (Å²) in [7, 11) is 0. The molecular weight excluding hydrogens is 276 g/mol. The predicted molar refractivity (Wildman–Crippen MR) is 77.7 cm³/mol. The molecule has 17 heavy (non-hydrogen) atoms. The van der Waals surface area contributed by atoms with Gasteiger partial charge in [-0.25, -0.2) is 4.98 Å². The topological polar surface area (TPSA) is 24.9 Å². The fourth-order valence-corrected chi connectivity index (χ4v) is 2.28. The van der Waals surface area contributed by atoms with Crippen LogP contribution in [-0.2, 0) is 0 Å². The number of aromatic nitrogens is 1. The first-order chi connectivity index (χ1) is 8.13. The fourth-order valence-electron chi connectivity index (χ4n) is 1.83. The third-order valence-corrected chi connectivity index (χ3v) is 3.85. The second-order valence-electron chi connectivity index (χ2n) is 4.35. The van der Waals surface area contributed by atoms with E-state index < -0.39 is 0 Å². The molecule has 1 heterocycles. The van der Waals surface area contributed by atoms with Gasteiger partial charge in [0.2, 0.25) is 0 Å². The highest BCUT2D eigenvalue weighted by atomic mass is 79.9. The Morgan fingerprint density at radius 2 is 2.00 bits per heavy atom. The van der Waals surface area contributed by atoms with Crippen molar-refractivity contribution in [3.05, 3.63) is 33.8 Å². The van der Waals surface area contributed by atoms with Crippen molar-refractivity contribution in [2.75, 3.05) is 11.9 Å². The van der Waals surface area contributed by atoms with Crippen LogP contribution in [0.25, 0.3) is 10.9 Å². The zero-order valence-corrected chi connectivity index (χ0v) is 12.1. The molecule has 0 aliphatic rings. The van der Waals surface area contributed by atoms with E-state index in [9.17, 15) is 0 Å². The number of halogens is 1. The van der Waals surface area contributed by atoms with Crippen molar-refractivity contribution in [3.63, 3.8) is 0 Å². The summed E-state index contributed by atoms with van der Waals surface area (Å²) in [6.07, 6.45) is 1.11. The molecule has 2 rings (SSSR count). The summed E-state index contributed by atoms with van der Waals surface area (Å²) < 4.78 is 1.09. The van der Waals surface area contributed by atoms with E-state index in [1.54, 1.807) is 0 Å². The summed E-state index contributed by atoms with van der Waals surface area (Å²) >= 11 is 3.62. The van der Waals surface area contributed by atoms with Crippen LogP contribution in [0.2, 0.25) is 0 Å². The first-order valence-corrected chi connectivity index (χ1v) is 6.73. The molecule has 0 atom stereocenters. The van der Waals surface area contributed by atoms with E-state index >= 15 is 0 Å². The summed E-state index contributed by atoms with van der Waals surface area (Å²) in [4.78, 5) is 4.71. The minimum Gasteiger partial charge on any atom is -0.370 e. The molecular formula is C14H17BrN2. The highest BCUT2D eigenvalue weighted by molar-refractivity contribution is 9.10.